The topological polar surface area (TPSA) is 55.1 Å². The van der Waals surface area contributed by atoms with E-state index in [9.17, 15) is 4.79 Å². The van der Waals surface area contributed by atoms with E-state index >= 15 is 0 Å². The molecule has 1 unspecified atom stereocenters. The molecule has 1 aliphatic rings. The van der Waals surface area contributed by atoms with Gasteiger partial charge in [-0.15, -0.1) is 0 Å². The van der Waals surface area contributed by atoms with E-state index < -0.39 is 0 Å². The van der Waals surface area contributed by atoms with Crippen LogP contribution >= 0.6 is 0 Å². The van der Waals surface area contributed by atoms with E-state index in [4.69, 9.17) is 5.73 Å². The fourth-order valence-corrected chi connectivity index (χ4v) is 2.99. The van der Waals surface area contributed by atoms with E-state index in [-0.39, 0.29) is 17.5 Å². The Labute approximate surface area is 106 Å². The molecule has 0 radical (unpaired) electrons. The summed E-state index contributed by atoms with van der Waals surface area (Å²) in [5.41, 5.74) is 5.99. The fraction of sp³-hybridized carbons (Fsp3) is 0.929. The zero-order valence-electron chi connectivity index (χ0n) is 11.6. The molecule has 0 aromatic heterocycles. The van der Waals surface area contributed by atoms with Gasteiger partial charge in [-0.3, -0.25) is 4.79 Å². The second-order valence-electron chi connectivity index (χ2n) is 5.68. The fourth-order valence-electron chi connectivity index (χ4n) is 2.99. The Morgan fingerprint density at radius 2 is 1.82 bits per heavy atom. The summed E-state index contributed by atoms with van der Waals surface area (Å²) in [6.07, 6.45) is 7.08. The Kier molecular flexibility index (Phi) is 5.44. The molecule has 0 aromatic rings. The SMILES string of the molecule is CCC(CC)C(C)NC(=O)CC1(N)CCCC1. The van der Waals surface area contributed by atoms with E-state index in [2.05, 4.69) is 26.1 Å². The highest BCUT2D eigenvalue weighted by Gasteiger charge is 2.32. The van der Waals surface area contributed by atoms with Gasteiger partial charge in [-0.05, 0) is 25.7 Å². The summed E-state index contributed by atoms with van der Waals surface area (Å²) in [5, 5.41) is 3.11. The van der Waals surface area contributed by atoms with Crippen LogP contribution in [0.4, 0.5) is 0 Å². The van der Waals surface area contributed by atoms with Crippen molar-refractivity contribution in [2.24, 2.45) is 11.7 Å². The van der Waals surface area contributed by atoms with Crippen LogP contribution in [0.15, 0.2) is 0 Å². The smallest absolute Gasteiger partial charge is 0.222 e. The molecule has 3 N–H and O–H groups in total. The number of carbonyl (C=O) groups excluding carboxylic acids is 1. The normalized spacial score (nSPS) is 20.5. The van der Waals surface area contributed by atoms with Crippen molar-refractivity contribution in [3.8, 4) is 0 Å². The van der Waals surface area contributed by atoms with Crippen LogP contribution in [0.3, 0.4) is 0 Å². The number of nitrogens with one attached hydrogen (secondary N) is 1. The number of amides is 1. The minimum atomic E-state index is -0.224. The van der Waals surface area contributed by atoms with Crippen LogP contribution in [0.2, 0.25) is 0 Å². The number of hydrogen-bond donors (Lipinski definition) is 2. The van der Waals surface area contributed by atoms with Crippen molar-refractivity contribution in [3.63, 3.8) is 0 Å². The van der Waals surface area contributed by atoms with Gasteiger partial charge in [0.2, 0.25) is 5.91 Å². The van der Waals surface area contributed by atoms with Crippen LogP contribution in [0, 0.1) is 5.92 Å². The predicted molar refractivity (Wildman–Crippen MR) is 71.7 cm³/mol. The van der Waals surface area contributed by atoms with E-state index in [0.29, 0.717) is 12.3 Å². The van der Waals surface area contributed by atoms with Crippen LogP contribution in [0.25, 0.3) is 0 Å². The van der Waals surface area contributed by atoms with Crippen molar-refractivity contribution in [3.05, 3.63) is 0 Å². The molecule has 1 amide bonds. The highest BCUT2D eigenvalue weighted by Crippen LogP contribution is 2.30. The molecule has 1 aliphatic carbocycles. The highest BCUT2D eigenvalue weighted by atomic mass is 16.1. The molecule has 0 bridgehead atoms. The Morgan fingerprint density at radius 3 is 2.29 bits per heavy atom. The quantitative estimate of drug-likeness (QED) is 0.750. The van der Waals surface area contributed by atoms with Crippen LogP contribution in [-0.4, -0.2) is 17.5 Å². The number of hydrogen-bond acceptors (Lipinski definition) is 2. The maximum absolute atomic E-state index is 12.0. The Bertz CT molecular complexity index is 243. The maximum atomic E-state index is 12.0. The van der Waals surface area contributed by atoms with Gasteiger partial charge in [-0.2, -0.15) is 0 Å². The van der Waals surface area contributed by atoms with E-state index in [1.54, 1.807) is 0 Å². The first-order valence-corrected chi connectivity index (χ1v) is 7.09. The first-order valence-electron chi connectivity index (χ1n) is 7.09. The Hall–Kier alpha value is -0.570. The van der Waals surface area contributed by atoms with Crippen LogP contribution in [-0.2, 0) is 4.79 Å². The second-order valence-corrected chi connectivity index (χ2v) is 5.68. The molecule has 100 valence electrons. The van der Waals surface area contributed by atoms with Crippen LogP contribution in [0.5, 0.6) is 0 Å². The Balaban J connectivity index is 2.38. The monoisotopic (exact) mass is 240 g/mol. The molecule has 1 saturated carbocycles. The molecular formula is C14H28N2O. The molecule has 1 fully saturated rings. The Morgan fingerprint density at radius 1 is 1.29 bits per heavy atom. The minimum absolute atomic E-state index is 0.133. The van der Waals surface area contributed by atoms with Crippen molar-refractivity contribution in [1.82, 2.24) is 5.32 Å². The van der Waals surface area contributed by atoms with Gasteiger partial charge in [-0.1, -0.05) is 39.5 Å². The van der Waals surface area contributed by atoms with Gasteiger partial charge in [0.1, 0.15) is 0 Å². The van der Waals surface area contributed by atoms with E-state index in [0.717, 1.165) is 25.7 Å². The number of carbonyl (C=O) groups is 1. The predicted octanol–water partition coefficient (Wildman–Crippen LogP) is 2.59. The molecule has 0 spiro atoms. The standard InChI is InChI=1S/C14H28N2O/c1-4-12(5-2)11(3)16-13(17)10-14(15)8-6-7-9-14/h11-12H,4-10,15H2,1-3H3,(H,16,17). The largest absolute Gasteiger partial charge is 0.353 e. The first-order chi connectivity index (χ1) is 8.00. The summed E-state index contributed by atoms with van der Waals surface area (Å²) in [7, 11) is 0. The van der Waals surface area contributed by atoms with Gasteiger partial charge >= 0.3 is 0 Å². The summed E-state index contributed by atoms with van der Waals surface area (Å²) in [4.78, 5) is 12.0. The highest BCUT2D eigenvalue weighted by molar-refractivity contribution is 5.77. The zero-order valence-corrected chi connectivity index (χ0v) is 11.6. The third-order valence-electron chi connectivity index (χ3n) is 4.26. The van der Waals surface area contributed by atoms with Gasteiger partial charge in [0.15, 0.2) is 0 Å². The summed E-state index contributed by atoms with van der Waals surface area (Å²) in [6, 6.07) is 0.266. The molecule has 17 heavy (non-hydrogen) atoms. The third kappa shape index (κ3) is 4.30. The van der Waals surface area contributed by atoms with Crippen molar-refractivity contribution in [1.29, 1.82) is 0 Å². The summed E-state index contributed by atoms with van der Waals surface area (Å²) in [5.74, 6) is 0.713. The van der Waals surface area contributed by atoms with E-state index in [1.165, 1.54) is 12.8 Å². The molecule has 3 heteroatoms. The summed E-state index contributed by atoms with van der Waals surface area (Å²) < 4.78 is 0. The maximum Gasteiger partial charge on any atom is 0.222 e. The molecule has 0 aliphatic heterocycles. The van der Waals surface area contributed by atoms with Gasteiger partial charge in [0.25, 0.3) is 0 Å². The lowest BCUT2D eigenvalue weighted by molar-refractivity contribution is -0.123. The van der Waals surface area contributed by atoms with Gasteiger partial charge in [0.05, 0.1) is 0 Å². The van der Waals surface area contributed by atoms with Crippen molar-refractivity contribution >= 4 is 5.91 Å². The molecule has 3 nitrogen and oxygen atoms in total. The van der Waals surface area contributed by atoms with Crippen molar-refractivity contribution in [2.75, 3.05) is 0 Å². The molecule has 0 saturated heterocycles. The number of nitrogens with two attached hydrogens (primary N) is 1. The lowest BCUT2D eigenvalue weighted by Crippen LogP contribution is -2.45. The van der Waals surface area contributed by atoms with Crippen LogP contribution in [0.1, 0.15) is 65.7 Å². The average molecular weight is 240 g/mol. The molecule has 0 aromatic carbocycles. The molecular weight excluding hydrogens is 212 g/mol. The van der Waals surface area contributed by atoms with Gasteiger partial charge < -0.3 is 11.1 Å². The van der Waals surface area contributed by atoms with E-state index in [1.807, 2.05) is 0 Å². The molecule has 1 atom stereocenters. The van der Waals surface area contributed by atoms with Gasteiger partial charge in [-0.25, -0.2) is 0 Å². The van der Waals surface area contributed by atoms with Crippen molar-refractivity contribution < 1.29 is 4.79 Å². The van der Waals surface area contributed by atoms with Gasteiger partial charge in [0, 0.05) is 18.0 Å². The molecule has 1 rings (SSSR count). The number of rotatable bonds is 6. The van der Waals surface area contributed by atoms with Crippen molar-refractivity contribution in [2.45, 2.75) is 77.3 Å². The third-order valence-corrected chi connectivity index (χ3v) is 4.26. The average Bonchev–Trinajstić information content (AvgIpc) is 2.66. The lowest BCUT2D eigenvalue weighted by atomic mass is 9.92. The molecule has 0 heterocycles. The van der Waals surface area contributed by atoms with Crippen LogP contribution < -0.4 is 11.1 Å². The summed E-state index contributed by atoms with van der Waals surface area (Å²) >= 11 is 0. The zero-order chi connectivity index (χ0) is 12.9. The second kappa shape index (κ2) is 6.39. The first kappa shape index (κ1) is 14.5. The summed E-state index contributed by atoms with van der Waals surface area (Å²) in [6.45, 7) is 6.46. The lowest BCUT2D eigenvalue weighted by Gasteiger charge is -2.26. The minimum Gasteiger partial charge on any atom is -0.353 e.